The van der Waals surface area contributed by atoms with Crippen LogP contribution < -0.4 is 0 Å². The summed E-state index contributed by atoms with van der Waals surface area (Å²) in [4.78, 5) is 7.76. The van der Waals surface area contributed by atoms with Crippen LogP contribution in [-0.2, 0) is 4.74 Å². The molecule has 1 atom stereocenters. The number of nitrogens with zero attached hydrogens (tertiary/aromatic N) is 1. The van der Waals surface area contributed by atoms with Gasteiger partial charge in [-0.2, -0.15) is 0 Å². The van der Waals surface area contributed by atoms with Gasteiger partial charge in [0.25, 0.3) is 0 Å². The maximum atomic E-state index is 5.82. The zero-order chi connectivity index (χ0) is 13.8. The molecule has 0 fully saturated rings. The van der Waals surface area contributed by atoms with Gasteiger partial charge in [0, 0.05) is 17.9 Å². The van der Waals surface area contributed by atoms with Crippen molar-refractivity contribution >= 4 is 12.2 Å². The number of aromatic amines is 1. The number of aryl methyl sites for hydroxylation is 1. The van der Waals surface area contributed by atoms with Gasteiger partial charge in [-0.1, -0.05) is 42.5 Å². The van der Waals surface area contributed by atoms with E-state index in [2.05, 4.69) is 9.97 Å². The highest BCUT2D eigenvalue weighted by atomic mass is 32.1. The molecule has 0 saturated heterocycles. The zero-order valence-corrected chi connectivity index (χ0v) is 12.3. The van der Waals surface area contributed by atoms with Crippen LogP contribution in [0.2, 0.25) is 0 Å². The molecule has 1 aromatic heterocycles. The molecule has 0 amide bonds. The fraction of sp³-hybridized carbons (Fsp3) is 0.333. The second kappa shape index (κ2) is 6.08. The standard InChI is InChI=1S/C15H18N2OS/c1-4-18-13(12-8-6-5-7-9-12)14-16-11(3)10(2)15(19)17-14/h5-9,13H,4H2,1-3H3,(H,16,17,19). The SMILES string of the molecule is CCOC(c1ccccc1)c1nc(=S)c(C)c(C)[nH]1. The molecule has 1 N–H and O–H groups in total. The molecule has 3 nitrogen and oxygen atoms in total. The third-order valence-corrected chi connectivity index (χ3v) is 3.50. The summed E-state index contributed by atoms with van der Waals surface area (Å²) in [5.74, 6) is 0.765. The number of ether oxygens (including phenoxy) is 1. The molecule has 1 heterocycles. The van der Waals surface area contributed by atoms with Crippen LogP contribution >= 0.6 is 12.2 Å². The third kappa shape index (κ3) is 3.08. The van der Waals surface area contributed by atoms with E-state index in [-0.39, 0.29) is 6.10 Å². The average Bonchev–Trinajstić information content (AvgIpc) is 2.42. The lowest BCUT2D eigenvalue weighted by Crippen LogP contribution is -2.12. The Balaban J connectivity index is 2.48. The van der Waals surface area contributed by atoms with Gasteiger partial charge < -0.3 is 9.72 Å². The van der Waals surface area contributed by atoms with E-state index in [9.17, 15) is 0 Å². The van der Waals surface area contributed by atoms with Crippen LogP contribution in [0.4, 0.5) is 0 Å². The predicted molar refractivity (Wildman–Crippen MR) is 78.8 cm³/mol. The molecule has 100 valence electrons. The smallest absolute Gasteiger partial charge is 0.141 e. The van der Waals surface area contributed by atoms with Crippen LogP contribution in [0, 0.1) is 18.5 Å². The van der Waals surface area contributed by atoms with E-state index < -0.39 is 0 Å². The lowest BCUT2D eigenvalue weighted by Gasteiger charge is -2.18. The molecule has 0 saturated carbocycles. The minimum atomic E-state index is -0.202. The Bertz CT molecular complexity index is 607. The van der Waals surface area contributed by atoms with Gasteiger partial charge in [-0.05, 0) is 26.3 Å². The first kappa shape index (κ1) is 13.9. The molecular weight excluding hydrogens is 256 g/mol. The lowest BCUT2D eigenvalue weighted by molar-refractivity contribution is 0.0849. The van der Waals surface area contributed by atoms with Gasteiger partial charge in [-0.3, -0.25) is 0 Å². The summed E-state index contributed by atoms with van der Waals surface area (Å²) < 4.78 is 6.46. The first-order chi connectivity index (χ1) is 9.13. The van der Waals surface area contributed by atoms with E-state index in [4.69, 9.17) is 17.0 Å². The van der Waals surface area contributed by atoms with Gasteiger partial charge in [0.1, 0.15) is 16.6 Å². The molecular formula is C15H18N2OS. The number of aromatic nitrogens is 2. The van der Waals surface area contributed by atoms with Crippen molar-refractivity contribution < 1.29 is 4.74 Å². The van der Waals surface area contributed by atoms with Crippen molar-refractivity contribution in [2.24, 2.45) is 0 Å². The summed E-state index contributed by atoms with van der Waals surface area (Å²) >= 11 is 5.29. The van der Waals surface area contributed by atoms with Gasteiger partial charge >= 0.3 is 0 Å². The van der Waals surface area contributed by atoms with Crippen molar-refractivity contribution in [3.05, 3.63) is 57.6 Å². The van der Waals surface area contributed by atoms with E-state index in [1.165, 1.54) is 0 Å². The maximum absolute atomic E-state index is 5.82. The summed E-state index contributed by atoms with van der Waals surface area (Å²) in [5, 5.41) is 0. The Morgan fingerprint density at radius 3 is 2.53 bits per heavy atom. The van der Waals surface area contributed by atoms with E-state index in [1.807, 2.05) is 51.1 Å². The third-order valence-electron chi connectivity index (χ3n) is 3.10. The number of hydrogen-bond donors (Lipinski definition) is 1. The second-order valence-corrected chi connectivity index (χ2v) is 4.81. The molecule has 0 aliphatic heterocycles. The van der Waals surface area contributed by atoms with Crippen molar-refractivity contribution in [1.82, 2.24) is 9.97 Å². The Morgan fingerprint density at radius 2 is 1.95 bits per heavy atom. The normalized spacial score (nSPS) is 12.4. The highest BCUT2D eigenvalue weighted by molar-refractivity contribution is 7.71. The molecule has 4 heteroatoms. The molecule has 0 radical (unpaired) electrons. The zero-order valence-electron chi connectivity index (χ0n) is 11.4. The molecule has 19 heavy (non-hydrogen) atoms. The van der Waals surface area contributed by atoms with Crippen molar-refractivity contribution in [2.75, 3.05) is 6.61 Å². The average molecular weight is 274 g/mol. The van der Waals surface area contributed by atoms with Crippen LogP contribution in [0.3, 0.4) is 0 Å². The number of rotatable bonds is 4. The van der Waals surface area contributed by atoms with Gasteiger partial charge in [-0.25, -0.2) is 4.98 Å². The molecule has 2 aromatic rings. The van der Waals surface area contributed by atoms with Gasteiger partial charge in [0.15, 0.2) is 0 Å². The Labute approximate surface area is 118 Å². The van der Waals surface area contributed by atoms with Gasteiger partial charge in [0.05, 0.1) is 0 Å². The fourth-order valence-corrected chi connectivity index (χ4v) is 2.17. The van der Waals surface area contributed by atoms with Crippen molar-refractivity contribution in [1.29, 1.82) is 0 Å². The summed E-state index contributed by atoms with van der Waals surface area (Å²) in [5.41, 5.74) is 3.13. The van der Waals surface area contributed by atoms with Crippen LogP contribution in [0.15, 0.2) is 30.3 Å². The highest BCUT2D eigenvalue weighted by Gasteiger charge is 2.17. The molecule has 1 unspecified atom stereocenters. The van der Waals surface area contributed by atoms with Gasteiger partial charge in [0.2, 0.25) is 0 Å². The maximum Gasteiger partial charge on any atom is 0.141 e. The second-order valence-electron chi connectivity index (χ2n) is 4.42. The number of hydrogen-bond acceptors (Lipinski definition) is 3. The minimum Gasteiger partial charge on any atom is -0.366 e. The number of benzene rings is 1. The lowest BCUT2D eigenvalue weighted by atomic mass is 10.1. The van der Waals surface area contributed by atoms with E-state index in [1.54, 1.807) is 0 Å². The molecule has 1 aromatic carbocycles. The molecule has 2 rings (SSSR count). The molecule has 0 spiro atoms. The summed E-state index contributed by atoms with van der Waals surface area (Å²) in [7, 11) is 0. The Kier molecular flexibility index (Phi) is 4.45. The first-order valence-electron chi connectivity index (χ1n) is 6.37. The highest BCUT2D eigenvalue weighted by Crippen LogP contribution is 2.23. The predicted octanol–water partition coefficient (Wildman–Crippen LogP) is 3.88. The monoisotopic (exact) mass is 274 g/mol. The van der Waals surface area contributed by atoms with Crippen LogP contribution in [0.25, 0.3) is 0 Å². The van der Waals surface area contributed by atoms with E-state index >= 15 is 0 Å². The fourth-order valence-electron chi connectivity index (χ4n) is 1.92. The quantitative estimate of drug-likeness (QED) is 0.860. The van der Waals surface area contributed by atoms with E-state index in [0.29, 0.717) is 11.2 Å². The van der Waals surface area contributed by atoms with Crippen molar-refractivity contribution in [2.45, 2.75) is 26.9 Å². The van der Waals surface area contributed by atoms with Crippen molar-refractivity contribution in [3.8, 4) is 0 Å². The minimum absolute atomic E-state index is 0.202. The Morgan fingerprint density at radius 1 is 1.26 bits per heavy atom. The molecule has 0 aliphatic rings. The molecule has 0 bridgehead atoms. The topological polar surface area (TPSA) is 37.9 Å². The van der Waals surface area contributed by atoms with Crippen molar-refractivity contribution in [3.63, 3.8) is 0 Å². The van der Waals surface area contributed by atoms with Crippen LogP contribution in [-0.4, -0.2) is 16.6 Å². The molecule has 0 aliphatic carbocycles. The Hall–Kier alpha value is -1.52. The van der Waals surface area contributed by atoms with E-state index in [0.717, 1.165) is 22.6 Å². The first-order valence-corrected chi connectivity index (χ1v) is 6.78. The summed E-state index contributed by atoms with van der Waals surface area (Å²) in [6.45, 7) is 6.58. The number of H-pyrrole nitrogens is 1. The van der Waals surface area contributed by atoms with Crippen LogP contribution in [0.1, 0.15) is 35.7 Å². The summed E-state index contributed by atoms with van der Waals surface area (Å²) in [6, 6.07) is 10.1. The summed E-state index contributed by atoms with van der Waals surface area (Å²) in [6.07, 6.45) is -0.202. The van der Waals surface area contributed by atoms with Crippen LogP contribution in [0.5, 0.6) is 0 Å². The van der Waals surface area contributed by atoms with Gasteiger partial charge in [-0.15, -0.1) is 0 Å². The largest absolute Gasteiger partial charge is 0.366 e. The number of nitrogens with one attached hydrogen (secondary N) is 1.